The molecule has 2 rings (SSSR count). The Hall–Kier alpha value is -1.37. The fourth-order valence-electron chi connectivity index (χ4n) is 3.59. The summed E-state index contributed by atoms with van der Waals surface area (Å²) >= 11 is 0. The molecule has 0 heterocycles. The zero-order valence-corrected chi connectivity index (χ0v) is 13.5. The van der Waals surface area contributed by atoms with Gasteiger partial charge < -0.3 is 0 Å². The van der Waals surface area contributed by atoms with Gasteiger partial charge in [0.25, 0.3) is 0 Å². The highest BCUT2D eigenvalue weighted by Crippen LogP contribution is 2.37. The Bertz CT molecular complexity index is 463. The summed E-state index contributed by atoms with van der Waals surface area (Å²) in [6.45, 7) is 7.81. The Balaban J connectivity index is 1.97. The zero-order chi connectivity index (χ0) is 15.2. The summed E-state index contributed by atoms with van der Waals surface area (Å²) in [5, 5.41) is 0. The first-order valence-corrected chi connectivity index (χ1v) is 8.41. The van der Waals surface area contributed by atoms with E-state index in [4.69, 9.17) is 0 Å². The summed E-state index contributed by atoms with van der Waals surface area (Å²) in [5.41, 5.74) is 2.55. The Kier molecular flexibility index (Phi) is 5.78. The molecule has 1 aliphatic carbocycles. The van der Waals surface area contributed by atoms with Crippen LogP contribution < -0.4 is 0 Å². The molecular weight excluding hydrogens is 256 g/mol. The third-order valence-electron chi connectivity index (χ3n) is 5.08. The molecule has 0 spiro atoms. The lowest BCUT2D eigenvalue weighted by atomic mass is 9.77. The summed E-state index contributed by atoms with van der Waals surface area (Å²) in [6, 6.07) is 8.71. The van der Waals surface area contributed by atoms with E-state index in [9.17, 15) is 4.79 Å². The van der Waals surface area contributed by atoms with Crippen molar-refractivity contribution in [2.45, 2.75) is 64.2 Å². The van der Waals surface area contributed by atoms with E-state index in [-0.39, 0.29) is 11.7 Å². The van der Waals surface area contributed by atoms with Gasteiger partial charge in [-0.2, -0.15) is 0 Å². The largest absolute Gasteiger partial charge is 0.294 e. The minimum absolute atomic E-state index is 0.0724. The van der Waals surface area contributed by atoms with E-state index in [2.05, 4.69) is 37.8 Å². The summed E-state index contributed by atoms with van der Waals surface area (Å²) in [4.78, 5) is 11.7. The van der Waals surface area contributed by atoms with Crippen molar-refractivity contribution in [3.8, 4) is 0 Å². The van der Waals surface area contributed by atoms with E-state index < -0.39 is 0 Å². The molecule has 1 unspecified atom stereocenters. The first kappa shape index (κ1) is 16.0. The van der Waals surface area contributed by atoms with Crippen LogP contribution in [0.15, 0.2) is 36.9 Å². The molecule has 0 N–H and O–H groups in total. The maximum absolute atomic E-state index is 11.7. The van der Waals surface area contributed by atoms with Crippen molar-refractivity contribution in [3.63, 3.8) is 0 Å². The van der Waals surface area contributed by atoms with Crippen molar-refractivity contribution in [2.75, 3.05) is 0 Å². The molecule has 0 saturated heterocycles. The fraction of sp³-hybridized carbons (Fsp3) is 0.550. The van der Waals surface area contributed by atoms with Crippen molar-refractivity contribution in [1.29, 1.82) is 0 Å². The number of rotatable bonds is 6. The number of allylic oxidation sites excluding steroid dienone is 1. The molecule has 0 bridgehead atoms. The van der Waals surface area contributed by atoms with Crippen LogP contribution in [0.5, 0.6) is 0 Å². The summed E-state index contributed by atoms with van der Waals surface area (Å²) in [6.07, 6.45) is 9.55. The maximum atomic E-state index is 11.7. The topological polar surface area (TPSA) is 17.1 Å². The van der Waals surface area contributed by atoms with Crippen LogP contribution in [0.1, 0.15) is 75.3 Å². The highest BCUT2D eigenvalue weighted by Gasteiger charge is 2.22. The number of ketones is 1. The lowest BCUT2D eigenvalue weighted by Crippen LogP contribution is -2.13. The Morgan fingerprint density at radius 1 is 1.24 bits per heavy atom. The van der Waals surface area contributed by atoms with Gasteiger partial charge in [-0.3, -0.25) is 4.79 Å². The van der Waals surface area contributed by atoms with E-state index in [1.54, 1.807) is 0 Å². The molecule has 0 aromatic heterocycles. The summed E-state index contributed by atoms with van der Waals surface area (Å²) in [7, 11) is 0. The normalized spacial score (nSPS) is 23.5. The lowest BCUT2D eigenvalue weighted by molar-refractivity contribution is -0.115. The van der Waals surface area contributed by atoms with Crippen molar-refractivity contribution >= 4 is 5.78 Å². The monoisotopic (exact) mass is 284 g/mol. The quantitative estimate of drug-likeness (QED) is 0.620. The molecular formula is C20H28O. The summed E-state index contributed by atoms with van der Waals surface area (Å²) < 4.78 is 0. The second-order valence-electron chi connectivity index (χ2n) is 6.50. The Labute approximate surface area is 129 Å². The minimum atomic E-state index is -0.0724. The molecule has 0 radical (unpaired) electrons. The van der Waals surface area contributed by atoms with E-state index in [1.807, 2.05) is 6.92 Å². The fourth-order valence-corrected chi connectivity index (χ4v) is 3.59. The SMILES string of the molecule is C=CC(=O)C(C)c1ccc(C2CCC(CCC)CC2)cc1. The van der Waals surface area contributed by atoms with E-state index in [0.29, 0.717) is 0 Å². The molecule has 0 amide bonds. The lowest BCUT2D eigenvalue weighted by Gasteiger charge is -2.28. The molecule has 1 atom stereocenters. The molecule has 0 aliphatic heterocycles. The van der Waals surface area contributed by atoms with E-state index >= 15 is 0 Å². The second kappa shape index (κ2) is 7.59. The molecule has 1 aromatic carbocycles. The van der Waals surface area contributed by atoms with Crippen molar-refractivity contribution < 1.29 is 4.79 Å². The first-order chi connectivity index (χ1) is 10.2. The van der Waals surface area contributed by atoms with Crippen LogP contribution in [0, 0.1) is 5.92 Å². The highest BCUT2D eigenvalue weighted by molar-refractivity contribution is 5.94. The van der Waals surface area contributed by atoms with Gasteiger partial charge in [-0.15, -0.1) is 0 Å². The Morgan fingerprint density at radius 2 is 1.86 bits per heavy atom. The van der Waals surface area contributed by atoms with Gasteiger partial charge in [0, 0.05) is 5.92 Å². The van der Waals surface area contributed by atoms with Gasteiger partial charge in [0.2, 0.25) is 0 Å². The molecule has 114 valence electrons. The predicted molar refractivity (Wildman–Crippen MR) is 89.7 cm³/mol. The standard InChI is InChI=1S/C20H28O/c1-4-6-16-7-9-18(10-8-16)19-13-11-17(12-14-19)15(3)20(21)5-2/h5,11-16,18H,2,4,6-10H2,1,3H3. The first-order valence-electron chi connectivity index (χ1n) is 8.41. The van der Waals surface area contributed by atoms with E-state index in [1.165, 1.54) is 50.2 Å². The average Bonchev–Trinajstić information content (AvgIpc) is 2.54. The van der Waals surface area contributed by atoms with Gasteiger partial charge >= 0.3 is 0 Å². The molecule has 1 saturated carbocycles. The molecule has 1 fully saturated rings. The molecule has 1 nitrogen and oxygen atoms in total. The predicted octanol–water partition coefficient (Wildman–Crippen LogP) is 5.62. The highest BCUT2D eigenvalue weighted by atomic mass is 16.1. The third-order valence-corrected chi connectivity index (χ3v) is 5.08. The van der Waals surface area contributed by atoms with Gasteiger partial charge in [0.15, 0.2) is 5.78 Å². The van der Waals surface area contributed by atoms with Crippen LogP contribution in [0.2, 0.25) is 0 Å². The molecule has 1 aromatic rings. The van der Waals surface area contributed by atoms with Crippen LogP contribution in [-0.4, -0.2) is 5.78 Å². The van der Waals surface area contributed by atoms with Crippen molar-refractivity contribution in [3.05, 3.63) is 48.0 Å². The molecule has 21 heavy (non-hydrogen) atoms. The van der Waals surface area contributed by atoms with Crippen LogP contribution in [0.4, 0.5) is 0 Å². The maximum Gasteiger partial charge on any atom is 0.162 e. The minimum Gasteiger partial charge on any atom is -0.294 e. The van der Waals surface area contributed by atoms with Crippen LogP contribution in [-0.2, 0) is 4.79 Å². The van der Waals surface area contributed by atoms with Crippen molar-refractivity contribution in [2.24, 2.45) is 5.92 Å². The van der Waals surface area contributed by atoms with Gasteiger partial charge in [0.1, 0.15) is 0 Å². The van der Waals surface area contributed by atoms with Crippen LogP contribution in [0.3, 0.4) is 0 Å². The summed E-state index contributed by atoms with van der Waals surface area (Å²) in [5.74, 6) is 1.70. The smallest absolute Gasteiger partial charge is 0.162 e. The Morgan fingerprint density at radius 3 is 2.38 bits per heavy atom. The zero-order valence-electron chi connectivity index (χ0n) is 13.5. The van der Waals surface area contributed by atoms with Gasteiger partial charge in [-0.1, -0.05) is 57.5 Å². The van der Waals surface area contributed by atoms with Crippen molar-refractivity contribution in [1.82, 2.24) is 0 Å². The number of benzene rings is 1. The van der Waals surface area contributed by atoms with Crippen LogP contribution >= 0.6 is 0 Å². The molecule has 1 heteroatoms. The molecule has 1 aliphatic rings. The number of carbonyl (C=O) groups is 1. The number of carbonyl (C=O) groups excluding carboxylic acids is 1. The van der Waals surface area contributed by atoms with Gasteiger partial charge in [-0.05, 0) is 54.7 Å². The second-order valence-corrected chi connectivity index (χ2v) is 6.50. The average molecular weight is 284 g/mol. The number of hydrogen-bond acceptors (Lipinski definition) is 1. The van der Waals surface area contributed by atoms with Gasteiger partial charge in [0.05, 0.1) is 0 Å². The third kappa shape index (κ3) is 4.06. The van der Waals surface area contributed by atoms with E-state index in [0.717, 1.165) is 17.4 Å². The number of hydrogen-bond donors (Lipinski definition) is 0. The van der Waals surface area contributed by atoms with Gasteiger partial charge in [-0.25, -0.2) is 0 Å². The van der Waals surface area contributed by atoms with Crippen LogP contribution in [0.25, 0.3) is 0 Å².